The molecule has 10 heteroatoms. The molecule has 2 fully saturated rings. The number of hydrogen-bond donors (Lipinski definition) is 0. The zero-order chi connectivity index (χ0) is 18.8. The fourth-order valence-electron chi connectivity index (χ4n) is 3.55. The van der Waals surface area contributed by atoms with E-state index in [1.54, 1.807) is 7.11 Å². The first-order valence-corrected chi connectivity index (χ1v) is 9.75. The van der Waals surface area contributed by atoms with Crippen molar-refractivity contribution in [1.29, 1.82) is 0 Å². The Morgan fingerprint density at radius 1 is 1.19 bits per heavy atom. The predicted octanol–water partition coefficient (Wildman–Crippen LogP) is 1.37. The van der Waals surface area contributed by atoms with E-state index in [9.17, 15) is 0 Å². The van der Waals surface area contributed by atoms with Gasteiger partial charge in [-0.15, -0.1) is 5.10 Å². The van der Waals surface area contributed by atoms with Crippen molar-refractivity contribution in [2.75, 3.05) is 33.3 Å². The molecule has 2 atom stereocenters. The van der Waals surface area contributed by atoms with E-state index >= 15 is 0 Å². The van der Waals surface area contributed by atoms with Crippen LogP contribution in [0.5, 0.6) is 0 Å². The molecule has 10 nitrogen and oxygen atoms in total. The Balaban J connectivity index is 1.34. The molecule has 27 heavy (non-hydrogen) atoms. The molecule has 2 unspecified atom stereocenters. The summed E-state index contributed by atoms with van der Waals surface area (Å²) >= 11 is 0. The van der Waals surface area contributed by atoms with Crippen LogP contribution in [-0.4, -0.2) is 73.4 Å². The van der Waals surface area contributed by atoms with Gasteiger partial charge in [0.1, 0.15) is 6.10 Å². The molecule has 2 aromatic heterocycles. The molecular weight excluding hydrogens is 348 g/mol. The highest BCUT2D eigenvalue weighted by molar-refractivity contribution is 4.97. The maximum atomic E-state index is 5.39. The van der Waals surface area contributed by atoms with Crippen LogP contribution in [0.15, 0.2) is 4.52 Å². The Kier molecular flexibility index (Phi) is 5.46. The summed E-state index contributed by atoms with van der Waals surface area (Å²) in [6.45, 7) is 8.75. The van der Waals surface area contributed by atoms with Crippen LogP contribution in [0.1, 0.15) is 68.8 Å². The van der Waals surface area contributed by atoms with E-state index in [1.807, 2.05) is 11.6 Å². The smallest absolute Gasteiger partial charge is 0.240 e. The molecule has 2 aromatic rings. The molecule has 148 valence electrons. The molecule has 1 aliphatic carbocycles. The largest absolute Gasteiger partial charge is 0.374 e. The van der Waals surface area contributed by atoms with Gasteiger partial charge in [-0.1, -0.05) is 5.16 Å². The molecule has 1 aliphatic heterocycles. The molecule has 3 heterocycles. The zero-order valence-electron chi connectivity index (χ0n) is 16.3. The molecule has 0 radical (unpaired) electrons. The first kappa shape index (κ1) is 18.5. The van der Waals surface area contributed by atoms with E-state index in [1.165, 1.54) is 12.8 Å². The number of aromatic nitrogens is 6. The van der Waals surface area contributed by atoms with Gasteiger partial charge in [0.15, 0.2) is 11.6 Å². The number of nitrogens with zero attached hydrogens (tertiary/aromatic N) is 8. The van der Waals surface area contributed by atoms with Gasteiger partial charge in [-0.2, -0.15) is 4.98 Å². The first-order chi connectivity index (χ1) is 13.2. The van der Waals surface area contributed by atoms with Gasteiger partial charge >= 0.3 is 0 Å². The van der Waals surface area contributed by atoms with E-state index in [2.05, 4.69) is 42.4 Å². The van der Waals surface area contributed by atoms with Gasteiger partial charge in [-0.25, -0.2) is 4.68 Å². The number of ether oxygens (including phenoxy) is 1. The highest BCUT2D eigenvalue weighted by Gasteiger charge is 2.32. The van der Waals surface area contributed by atoms with Gasteiger partial charge in [-0.05, 0) is 50.1 Å². The van der Waals surface area contributed by atoms with Crippen LogP contribution in [0.2, 0.25) is 0 Å². The summed E-state index contributed by atoms with van der Waals surface area (Å²) in [6.07, 6.45) is 3.31. The van der Waals surface area contributed by atoms with Gasteiger partial charge in [0, 0.05) is 26.7 Å². The Hall–Kier alpha value is -1.91. The third-order valence-corrected chi connectivity index (χ3v) is 5.52. The summed E-state index contributed by atoms with van der Waals surface area (Å²) in [5.74, 6) is 2.23. The van der Waals surface area contributed by atoms with Gasteiger partial charge < -0.3 is 9.26 Å². The second kappa shape index (κ2) is 7.99. The molecule has 0 amide bonds. The molecule has 1 saturated heterocycles. The van der Waals surface area contributed by atoms with Crippen molar-refractivity contribution in [1.82, 2.24) is 40.1 Å². The minimum atomic E-state index is -0.152. The van der Waals surface area contributed by atoms with Crippen molar-refractivity contribution < 1.29 is 9.26 Å². The summed E-state index contributed by atoms with van der Waals surface area (Å²) in [4.78, 5) is 9.29. The number of hydrogen-bond acceptors (Lipinski definition) is 9. The highest BCUT2D eigenvalue weighted by Crippen LogP contribution is 2.36. The number of tetrazole rings is 1. The summed E-state index contributed by atoms with van der Waals surface area (Å²) < 4.78 is 12.6. The van der Waals surface area contributed by atoms with Crippen LogP contribution >= 0.6 is 0 Å². The van der Waals surface area contributed by atoms with Crippen molar-refractivity contribution in [2.45, 2.75) is 57.8 Å². The normalized spacial score (nSPS) is 21.9. The van der Waals surface area contributed by atoms with Crippen LogP contribution in [0, 0.1) is 0 Å². The molecule has 0 bridgehead atoms. The minimum Gasteiger partial charge on any atom is -0.374 e. The summed E-state index contributed by atoms with van der Waals surface area (Å²) in [6, 6.07) is 0.722. The van der Waals surface area contributed by atoms with E-state index in [-0.39, 0.29) is 12.1 Å². The van der Waals surface area contributed by atoms with Crippen molar-refractivity contribution in [2.24, 2.45) is 0 Å². The molecule has 0 aromatic carbocycles. The van der Waals surface area contributed by atoms with E-state index in [0.29, 0.717) is 24.3 Å². The standard InChI is InChI=1S/C17H28N8O2/c1-12(17-19-21-22-25(17)14-5-6-14)24-8-4-7-23(9-10-24)11-15-18-16(20-27-15)13(2)26-3/h12-14H,4-11H2,1-3H3. The average Bonchev–Trinajstić information content (AvgIpc) is 3.30. The zero-order valence-corrected chi connectivity index (χ0v) is 16.3. The Labute approximate surface area is 158 Å². The summed E-state index contributed by atoms with van der Waals surface area (Å²) in [5, 5.41) is 16.4. The predicted molar refractivity (Wildman–Crippen MR) is 95.7 cm³/mol. The molecule has 4 rings (SSSR count). The number of methoxy groups -OCH3 is 1. The topological polar surface area (TPSA) is 98.2 Å². The lowest BCUT2D eigenvalue weighted by Gasteiger charge is -2.26. The summed E-state index contributed by atoms with van der Waals surface area (Å²) in [5.41, 5.74) is 0. The highest BCUT2D eigenvalue weighted by atomic mass is 16.5. The fraction of sp³-hybridized carbons (Fsp3) is 0.824. The van der Waals surface area contributed by atoms with Crippen molar-refractivity contribution in [3.8, 4) is 0 Å². The minimum absolute atomic E-state index is 0.152. The van der Waals surface area contributed by atoms with E-state index in [4.69, 9.17) is 9.26 Å². The number of rotatable bonds is 7. The lowest BCUT2D eigenvalue weighted by molar-refractivity contribution is 0.109. The van der Waals surface area contributed by atoms with Crippen LogP contribution < -0.4 is 0 Å². The maximum absolute atomic E-state index is 5.39. The third kappa shape index (κ3) is 4.17. The summed E-state index contributed by atoms with van der Waals surface area (Å²) in [7, 11) is 1.64. The van der Waals surface area contributed by atoms with Crippen LogP contribution in [0.25, 0.3) is 0 Å². The third-order valence-electron chi connectivity index (χ3n) is 5.52. The van der Waals surface area contributed by atoms with E-state index < -0.39 is 0 Å². The molecular formula is C17H28N8O2. The quantitative estimate of drug-likeness (QED) is 0.709. The first-order valence-electron chi connectivity index (χ1n) is 9.75. The molecule has 2 aliphatic rings. The Bertz CT molecular complexity index is 743. The molecule has 1 saturated carbocycles. The average molecular weight is 376 g/mol. The van der Waals surface area contributed by atoms with Crippen molar-refractivity contribution in [3.63, 3.8) is 0 Å². The van der Waals surface area contributed by atoms with Gasteiger partial charge in [-0.3, -0.25) is 9.80 Å². The maximum Gasteiger partial charge on any atom is 0.240 e. The SMILES string of the molecule is COC(C)c1noc(CN2CCCN(C(C)c3nnnn3C3CC3)CC2)n1. The van der Waals surface area contributed by atoms with Crippen LogP contribution in [-0.2, 0) is 11.3 Å². The van der Waals surface area contributed by atoms with Crippen molar-refractivity contribution >= 4 is 0 Å². The fourth-order valence-corrected chi connectivity index (χ4v) is 3.55. The molecule has 0 N–H and O–H groups in total. The second-order valence-corrected chi connectivity index (χ2v) is 7.48. The Morgan fingerprint density at radius 2 is 2.04 bits per heavy atom. The van der Waals surface area contributed by atoms with E-state index in [0.717, 1.165) is 38.4 Å². The van der Waals surface area contributed by atoms with Crippen molar-refractivity contribution in [3.05, 3.63) is 17.5 Å². The van der Waals surface area contributed by atoms with Crippen LogP contribution in [0.4, 0.5) is 0 Å². The van der Waals surface area contributed by atoms with Gasteiger partial charge in [0.25, 0.3) is 0 Å². The lowest BCUT2D eigenvalue weighted by atomic mass is 10.2. The lowest BCUT2D eigenvalue weighted by Crippen LogP contribution is -2.33. The second-order valence-electron chi connectivity index (χ2n) is 7.48. The Morgan fingerprint density at radius 3 is 2.81 bits per heavy atom. The van der Waals surface area contributed by atoms with Crippen LogP contribution in [0.3, 0.4) is 0 Å². The van der Waals surface area contributed by atoms with Gasteiger partial charge in [0.2, 0.25) is 5.89 Å². The van der Waals surface area contributed by atoms with Gasteiger partial charge in [0.05, 0.1) is 18.6 Å². The molecule has 0 spiro atoms. The monoisotopic (exact) mass is 376 g/mol.